The number of nitrogens with one attached hydrogen (secondary N) is 1. The number of hydrogen-bond donors (Lipinski definition) is 2. The molecule has 0 aliphatic heterocycles. The van der Waals surface area contributed by atoms with Gasteiger partial charge >= 0.3 is 0 Å². The van der Waals surface area contributed by atoms with Gasteiger partial charge in [-0.2, -0.15) is 5.10 Å². The number of hydrogen-bond acceptors (Lipinski definition) is 3. The molecule has 0 saturated heterocycles. The zero-order valence-electron chi connectivity index (χ0n) is 8.38. The maximum Gasteiger partial charge on any atom is 0.0537 e. The van der Waals surface area contributed by atoms with Crippen LogP contribution in [-0.4, -0.2) is 22.9 Å². The molecule has 1 heterocycles. The first-order chi connectivity index (χ1) is 6.29. The third-order valence-electron chi connectivity index (χ3n) is 2.14. The summed E-state index contributed by atoms with van der Waals surface area (Å²) in [6.07, 6.45) is 1.92. The lowest BCUT2D eigenvalue weighted by molar-refractivity contribution is 0.634. The molecule has 0 spiro atoms. The fraction of sp³-hybridized carbons (Fsp3) is 0.667. The Morgan fingerprint density at radius 3 is 2.92 bits per heavy atom. The molecule has 0 aliphatic carbocycles. The first-order valence-electron chi connectivity index (χ1n) is 4.71. The highest BCUT2D eigenvalue weighted by Gasteiger charge is 2.03. The molecule has 4 heteroatoms. The maximum absolute atomic E-state index is 5.38. The van der Waals surface area contributed by atoms with Crippen molar-refractivity contribution in [2.75, 3.05) is 13.1 Å². The van der Waals surface area contributed by atoms with E-state index in [9.17, 15) is 0 Å². The predicted molar refractivity (Wildman–Crippen MR) is 53.4 cm³/mol. The van der Waals surface area contributed by atoms with Crippen molar-refractivity contribution >= 4 is 0 Å². The molecule has 0 radical (unpaired) electrons. The van der Waals surface area contributed by atoms with Crippen molar-refractivity contribution in [3.8, 4) is 0 Å². The number of aromatic nitrogens is 2. The van der Waals surface area contributed by atoms with E-state index >= 15 is 0 Å². The Morgan fingerprint density at radius 1 is 1.62 bits per heavy atom. The molecule has 13 heavy (non-hydrogen) atoms. The lowest BCUT2D eigenvalue weighted by Gasteiger charge is -2.03. The predicted octanol–water partition coefficient (Wildman–Crippen LogP) is 0.260. The maximum atomic E-state index is 5.38. The van der Waals surface area contributed by atoms with Crippen LogP contribution in [0.25, 0.3) is 0 Å². The lowest BCUT2D eigenvalue weighted by atomic mass is 10.2. The van der Waals surface area contributed by atoms with Crippen LogP contribution in [0.2, 0.25) is 0 Å². The summed E-state index contributed by atoms with van der Waals surface area (Å²) in [6, 6.07) is 0. The zero-order valence-corrected chi connectivity index (χ0v) is 8.38. The summed E-state index contributed by atoms with van der Waals surface area (Å²) in [5, 5.41) is 7.51. The number of rotatable bonds is 5. The molecule has 0 fully saturated rings. The topological polar surface area (TPSA) is 55.9 Å². The third kappa shape index (κ3) is 2.54. The average Bonchev–Trinajstić information content (AvgIpc) is 2.48. The van der Waals surface area contributed by atoms with Gasteiger partial charge in [-0.1, -0.05) is 0 Å². The Hall–Kier alpha value is -0.870. The van der Waals surface area contributed by atoms with Gasteiger partial charge < -0.3 is 11.1 Å². The molecular formula is C9H18N4. The average molecular weight is 182 g/mol. The van der Waals surface area contributed by atoms with Crippen LogP contribution in [0.3, 0.4) is 0 Å². The fourth-order valence-corrected chi connectivity index (χ4v) is 1.30. The number of aryl methyl sites for hydroxylation is 1. The van der Waals surface area contributed by atoms with E-state index in [1.807, 2.05) is 10.9 Å². The monoisotopic (exact) mass is 182 g/mol. The van der Waals surface area contributed by atoms with Crippen molar-refractivity contribution in [3.63, 3.8) is 0 Å². The minimum atomic E-state index is 0.682. The summed E-state index contributed by atoms with van der Waals surface area (Å²) in [4.78, 5) is 0. The molecule has 0 aromatic carbocycles. The van der Waals surface area contributed by atoms with Crippen LogP contribution in [-0.2, 0) is 13.1 Å². The van der Waals surface area contributed by atoms with Crippen LogP contribution in [0.1, 0.15) is 18.2 Å². The molecule has 1 aromatic rings. The van der Waals surface area contributed by atoms with E-state index in [1.54, 1.807) is 0 Å². The normalized spacial score (nSPS) is 10.7. The van der Waals surface area contributed by atoms with Gasteiger partial charge in [0.05, 0.1) is 6.20 Å². The minimum absolute atomic E-state index is 0.682. The summed E-state index contributed by atoms with van der Waals surface area (Å²) < 4.78 is 2.00. The van der Waals surface area contributed by atoms with Crippen LogP contribution in [0.15, 0.2) is 6.20 Å². The second-order valence-electron chi connectivity index (χ2n) is 3.04. The highest BCUT2D eigenvalue weighted by Crippen LogP contribution is 2.05. The molecule has 0 unspecified atom stereocenters. The Kier molecular flexibility index (Phi) is 3.92. The van der Waals surface area contributed by atoms with Gasteiger partial charge in [0.2, 0.25) is 0 Å². The van der Waals surface area contributed by atoms with Crippen LogP contribution >= 0.6 is 0 Å². The van der Waals surface area contributed by atoms with Crippen molar-refractivity contribution < 1.29 is 0 Å². The molecule has 1 aromatic heterocycles. The van der Waals surface area contributed by atoms with Crippen molar-refractivity contribution in [2.24, 2.45) is 5.73 Å². The molecule has 0 aliphatic rings. The Labute approximate surface area is 79.1 Å². The van der Waals surface area contributed by atoms with Crippen LogP contribution in [0.4, 0.5) is 0 Å². The Bertz CT molecular complexity index is 254. The zero-order chi connectivity index (χ0) is 9.68. The summed E-state index contributed by atoms with van der Waals surface area (Å²) in [7, 11) is 0. The quantitative estimate of drug-likeness (QED) is 0.642. The Morgan fingerprint density at radius 2 is 2.38 bits per heavy atom. The van der Waals surface area contributed by atoms with Crippen LogP contribution in [0.5, 0.6) is 0 Å². The summed E-state index contributed by atoms with van der Waals surface area (Å²) in [5.41, 5.74) is 7.88. The second-order valence-corrected chi connectivity index (χ2v) is 3.04. The molecular weight excluding hydrogens is 164 g/mol. The molecule has 0 atom stereocenters. The van der Waals surface area contributed by atoms with E-state index in [2.05, 4.69) is 24.3 Å². The van der Waals surface area contributed by atoms with Crippen LogP contribution < -0.4 is 11.1 Å². The van der Waals surface area contributed by atoms with Gasteiger partial charge in [-0.3, -0.25) is 4.68 Å². The lowest BCUT2D eigenvalue weighted by Crippen LogP contribution is -2.22. The van der Waals surface area contributed by atoms with Gasteiger partial charge in [-0.15, -0.1) is 0 Å². The molecule has 0 bridgehead atoms. The highest BCUT2D eigenvalue weighted by molar-refractivity contribution is 5.15. The van der Waals surface area contributed by atoms with E-state index in [-0.39, 0.29) is 0 Å². The first-order valence-corrected chi connectivity index (χ1v) is 4.71. The summed E-state index contributed by atoms with van der Waals surface area (Å²) in [6.45, 7) is 7.52. The SMILES string of the molecule is CCn1ncc(CNCCN)c1C. The molecule has 1 rings (SSSR count). The van der Waals surface area contributed by atoms with Crippen molar-refractivity contribution in [2.45, 2.75) is 26.9 Å². The van der Waals surface area contributed by atoms with Gasteiger partial charge in [0.25, 0.3) is 0 Å². The van der Waals surface area contributed by atoms with E-state index in [4.69, 9.17) is 5.73 Å². The summed E-state index contributed by atoms with van der Waals surface area (Å²) >= 11 is 0. The second kappa shape index (κ2) is 4.99. The van der Waals surface area contributed by atoms with Gasteiger partial charge in [-0.25, -0.2) is 0 Å². The third-order valence-corrected chi connectivity index (χ3v) is 2.14. The highest BCUT2D eigenvalue weighted by atomic mass is 15.3. The molecule has 0 saturated carbocycles. The van der Waals surface area contributed by atoms with Gasteiger partial charge in [0.15, 0.2) is 0 Å². The summed E-state index contributed by atoms with van der Waals surface area (Å²) in [5.74, 6) is 0. The minimum Gasteiger partial charge on any atom is -0.329 e. The van der Waals surface area contributed by atoms with Gasteiger partial charge in [0, 0.05) is 37.4 Å². The number of nitrogens with zero attached hydrogens (tertiary/aromatic N) is 2. The van der Waals surface area contributed by atoms with Crippen LogP contribution in [0, 0.1) is 6.92 Å². The number of nitrogens with two attached hydrogens (primary N) is 1. The van der Waals surface area contributed by atoms with Gasteiger partial charge in [0.1, 0.15) is 0 Å². The molecule has 3 N–H and O–H groups in total. The van der Waals surface area contributed by atoms with E-state index in [0.29, 0.717) is 6.54 Å². The molecule has 0 amide bonds. The van der Waals surface area contributed by atoms with Gasteiger partial charge in [-0.05, 0) is 13.8 Å². The first kappa shape index (κ1) is 10.2. The van der Waals surface area contributed by atoms with Crippen molar-refractivity contribution in [3.05, 3.63) is 17.5 Å². The smallest absolute Gasteiger partial charge is 0.0537 e. The molecule has 74 valence electrons. The van der Waals surface area contributed by atoms with Crippen molar-refractivity contribution in [1.82, 2.24) is 15.1 Å². The van der Waals surface area contributed by atoms with Crippen molar-refractivity contribution in [1.29, 1.82) is 0 Å². The van der Waals surface area contributed by atoms with E-state index < -0.39 is 0 Å². The van der Waals surface area contributed by atoms with E-state index in [1.165, 1.54) is 11.3 Å². The molecule has 4 nitrogen and oxygen atoms in total. The fourth-order valence-electron chi connectivity index (χ4n) is 1.30. The Balaban J connectivity index is 2.51. The standard InChI is InChI=1S/C9H18N4/c1-3-13-8(2)9(7-12-13)6-11-5-4-10/h7,11H,3-6,10H2,1-2H3. The van der Waals surface area contributed by atoms with E-state index in [0.717, 1.165) is 19.6 Å². The largest absolute Gasteiger partial charge is 0.329 e.